The highest BCUT2D eigenvalue weighted by Gasteiger charge is 2.45. The Kier molecular flexibility index (Phi) is 11.3. The first-order valence-corrected chi connectivity index (χ1v) is 22.7. The number of aliphatic hydroxyl groups is 1. The fraction of sp³-hybridized carbons (Fsp3) is 0.862. The molecule has 2 atom stereocenters. The molecular formula is C29H60O4Si3. The summed E-state index contributed by atoms with van der Waals surface area (Å²) in [6.45, 7) is 32.4. The Morgan fingerprint density at radius 3 is 1.81 bits per heavy atom. The molecule has 0 spiro atoms. The Bertz CT molecular complexity index is 736. The van der Waals surface area contributed by atoms with Gasteiger partial charge in [-0.1, -0.05) is 73.1 Å². The second-order valence-electron chi connectivity index (χ2n) is 15.3. The first kappa shape index (κ1) is 34.0. The fourth-order valence-electron chi connectivity index (χ4n) is 4.18. The zero-order valence-corrected chi connectivity index (χ0v) is 29.3. The van der Waals surface area contributed by atoms with E-state index >= 15 is 0 Å². The van der Waals surface area contributed by atoms with Gasteiger partial charge in [0.2, 0.25) is 0 Å². The maximum Gasteiger partial charge on any atom is 0.192 e. The second-order valence-corrected chi connectivity index (χ2v) is 29.3. The lowest BCUT2D eigenvalue weighted by Crippen LogP contribution is -2.47. The van der Waals surface area contributed by atoms with Gasteiger partial charge in [-0.25, -0.2) is 0 Å². The molecule has 0 radical (unpaired) electrons. The van der Waals surface area contributed by atoms with Gasteiger partial charge in [0.25, 0.3) is 0 Å². The summed E-state index contributed by atoms with van der Waals surface area (Å²) in [5.41, 5.74) is 2.68. The van der Waals surface area contributed by atoms with E-state index in [2.05, 4.69) is 101 Å². The van der Waals surface area contributed by atoms with Crippen LogP contribution < -0.4 is 0 Å². The molecule has 1 saturated carbocycles. The molecule has 0 aromatic rings. The highest BCUT2D eigenvalue weighted by Crippen LogP contribution is 2.49. The number of rotatable bonds is 10. The standard InChI is InChI=1S/C29H60O4Si3/c1-27(2,3)35(11,12)32-19-15-16-25-24(22-29(7,8)34(9,10)31)20-23(17-18-30)21-26(25)33-36(13,14)28(4,5)6/h16-17,24,26,30-31H,15,18-22H2,1-14H3/b23-17+,25-16-/t24-,26+/m0/s1. The van der Waals surface area contributed by atoms with E-state index in [-0.39, 0.29) is 27.8 Å². The summed E-state index contributed by atoms with van der Waals surface area (Å²) in [4.78, 5) is 11.1. The van der Waals surface area contributed by atoms with Gasteiger partial charge in [0.1, 0.15) is 0 Å². The molecule has 36 heavy (non-hydrogen) atoms. The van der Waals surface area contributed by atoms with Crippen LogP contribution in [0.3, 0.4) is 0 Å². The van der Waals surface area contributed by atoms with Crippen LogP contribution in [0, 0.1) is 5.92 Å². The molecule has 1 aliphatic carbocycles. The Balaban J connectivity index is 3.40. The molecule has 0 amide bonds. The van der Waals surface area contributed by atoms with Crippen molar-refractivity contribution in [2.24, 2.45) is 5.92 Å². The van der Waals surface area contributed by atoms with Crippen molar-refractivity contribution in [2.45, 2.75) is 142 Å². The van der Waals surface area contributed by atoms with Crippen molar-refractivity contribution in [3.05, 3.63) is 23.3 Å². The quantitative estimate of drug-likeness (QED) is 0.161. The van der Waals surface area contributed by atoms with Crippen LogP contribution in [0.4, 0.5) is 0 Å². The van der Waals surface area contributed by atoms with E-state index in [0.717, 1.165) is 32.3 Å². The zero-order chi connectivity index (χ0) is 28.4. The minimum atomic E-state index is -2.37. The zero-order valence-electron chi connectivity index (χ0n) is 26.3. The molecule has 1 aliphatic rings. The lowest BCUT2D eigenvalue weighted by atomic mass is 9.75. The molecule has 0 bridgehead atoms. The van der Waals surface area contributed by atoms with E-state index in [1.54, 1.807) is 0 Å². The summed E-state index contributed by atoms with van der Waals surface area (Å²) in [6.07, 6.45) is 8.01. The first-order chi connectivity index (χ1) is 16.0. The molecule has 4 nitrogen and oxygen atoms in total. The molecule has 0 heterocycles. The third-order valence-corrected chi connectivity index (χ3v) is 22.1. The molecule has 1 rings (SSSR count). The van der Waals surface area contributed by atoms with E-state index in [4.69, 9.17) is 8.85 Å². The van der Waals surface area contributed by atoms with Gasteiger partial charge >= 0.3 is 0 Å². The topological polar surface area (TPSA) is 58.9 Å². The smallest absolute Gasteiger partial charge is 0.192 e. The molecule has 0 aromatic carbocycles. The van der Waals surface area contributed by atoms with Crippen molar-refractivity contribution >= 4 is 25.0 Å². The molecule has 7 heteroatoms. The average molecular weight is 557 g/mol. The molecule has 2 N–H and O–H groups in total. The van der Waals surface area contributed by atoms with Gasteiger partial charge in [-0.05, 0) is 91.6 Å². The molecular weight excluding hydrogens is 497 g/mol. The minimum Gasteiger partial charge on any atom is -0.432 e. The Hall–Kier alpha value is -0.0294. The van der Waals surface area contributed by atoms with Gasteiger partial charge in [0.15, 0.2) is 25.0 Å². The number of hydrogen-bond acceptors (Lipinski definition) is 4. The van der Waals surface area contributed by atoms with Crippen molar-refractivity contribution in [1.82, 2.24) is 0 Å². The van der Waals surface area contributed by atoms with Crippen molar-refractivity contribution in [1.29, 1.82) is 0 Å². The van der Waals surface area contributed by atoms with E-state index < -0.39 is 25.0 Å². The summed E-state index contributed by atoms with van der Waals surface area (Å²) < 4.78 is 13.6. The van der Waals surface area contributed by atoms with Gasteiger partial charge in [0, 0.05) is 6.61 Å². The molecule has 0 saturated heterocycles. The average Bonchev–Trinajstić information content (AvgIpc) is 2.63. The summed E-state index contributed by atoms with van der Waals surface area (Å²) in [7, 11) is -6.17. The maximum atomic E-state index is 11.1. The van der Waals surface area contributed by atoms with Gasteiger partial charge in [-0.2, -0.15) is 0 Å². The van der Waals surface area contributed by atoms with Crippen molar-refractivity contribution in [3.8, 4) is 0 Å². The lowest BCUT2D eigenvalue weighted by molar-refractivity contribution is 0.178. The minimum absolute atomic E-state index is 0.0228. The molecule has 1 fully saturated rings. The van der Waals surface area contributed by atoms with Crippen LogP contribution >= 0.6 is 0 Å². The molecule has 0 aromatic heterocycles. The summed E-state index contributed by atoms with van der Waals surface area (Å²) in [5, 5.41) is 9.92. The van der Waals surface area contributed by atoms with Crippen LogP contribution in [0.25, 0.3) is 0 Å². The van der Waals surface area contributed by atoms with Gasteiger partial charge < -0.3 is 18.8 Å². The highest BCUT2D eigenvalue weighted by atomic mass is 28.4. The Morgan fingerprint density at radius 2 is 1.36 bits per heavy atom. The Morgan fingerprint density at radius 1 is 0.833 bits per heavy atom. The molecule has 212 valence electrons. The molecule has 0 aliphatic heterocycles. The van der Waals surface area contributed by atoms with Crippen LogP contribution in [0.15, 0.2) is 23.3 Å². The molecule has 0 unspecified atom stereocenters. The first-order valence-electron chi connectivity index (χ1n) is 14.0. The third kappa shape index (κ3) is 9.02. The normalized spacial score (nSPS) is 23.6. The van der Waals surface area contributed by atoms with Crippen LogP contribution in [-0.4, -0.2) is 54.2 Å². The summed E-state index contributed by atoms with van der Waals surface area (Å²) in [6, 6.07) is 0. The largest absolute Gasteiger partial charge is 0.432 e. The SMILES string of the molecule is CC(C)(C[C@@H]1C/C(=C\CO)C[C@@H](O[Si](C)(C)C(C)(C)C)/C1=C\CCO[Si](C)(C)C(C)(C)C)[Si](C)(C)O. The fourth-order valence-corrected chi connectivity index (χ4v) is 7.28. The summed E-state index contributed by atoms with van der Waals surface area (Å²) >= 11 is 0. The van der Waals surface area contributed by atoms with E-state index in [9.17, 15) is 9.90 Å². The van der Waals surface area contributed by atoms with Crippen LogP contribution in [0.5, 0.6) is 0 Å². The second kappa shape index (κ2) is 12.0. The van der Waals surface area contributed by atoms with Crippen molar-refractivity contribution in [3.63, 3.8) is 0 Å². The van der Waals surface area contributed by atoms with Crippen molar-refractivity contribution in [2.75, 3.05) is 13.2 Å². The van der Waals surface area contributed by atoms with Crippen LogP contribution in [-0.2, 0) is 8.85 Å². The third-order valence-electron chi connectivity index (χ3n) is 9.60. The van der Waals surface area contributed by atoms with E-state index in [1.165, 1.54) is 11.1 Å². The number of hydrogen-bond donors (Lipinski definition) is 2. The number of aliphatic hydroxyl groups excluding tert-OH is 1. The van der Waals surface area contributed by atoms with E-state index in [1.807, 2.05) is 6.08 Å². The predicted octanol–water partition coefficient (Wildman–Crippen LogP) is 8.41. The van der Waals surface area contributed by atoms with E-state index in [0.29, 0.717) is 5.92 Å². The van der Waals surface area contributed by atoms with Crippen LogP contribution in [0.2, 0.25) is 54.4 Å². The van der Waals surface area contributed by atoms with Crippen molar-refractivity contribution < 1.29 is 18.8 Å². The monoisotopic (exact) mass is 556 g/mol. The Labute approximate surface area is 227 Å². The predicted molar refractivity (Wildman–Crippen MR) is 164 cm³/mol. The maximum absolute atomic E-state index is 11.1. The van der Waals surface area contributed by atoms with Crippen LogP contribution in [0.1, 0.15) is 81.1 Å². The van der Waals surface area contributed by atoms with Gasteiger partial charge in [-0.15, -0.1) is 0 Å². The summed E-state index contributed by atoms with van der Waals surface area (Å²) in [5.74, 6) is 0.299. The highest BCUT2D eigenvalue weighted by molar-refractivity contribution is 6.74. The van der Waals surface area contributed by atoms with Gasteiger partial charge in [-0.3, -0.25) is 0 Å². The van der Waals surface area contributed by atoms with Gasteiger partial charge in [0.05, 0.1) is 12.7 Å². The lowest BCUT2D eigenvalue weighted by Gasteiger charge is -2.46.